The lowest BCUT2D eigenvalue weighted by Gasteiger charge is -2.23. The van der Waals surface area contributed by atoms with Crippen molar-refractivity contribution in [1.29, 1.82) is 0 Å². The molecule has 0 aromatic heterocycles. The first kappa shape index (κ1) is 18.0. The fraction of sp³-hybridized carbons (Fsp3) is 0.500. The van der Waals surface area contributed by atoms with Gasteiger partial charge in [-0.15, -0.1) is 0 Å². The highest BCUT2D eigenvalue weighted by molar-refractivity contribution is 7.93. The first-order chi connectivity index (χ1) is 9.88. The van der Waals surface area contributed by atoms with Crippen LogP contribution in [0.1, 0.15) is 25.0 Å². The van der Waals surface area contributed by atoms with E-state index in [0.717, 1.165) is 25.2 Å². The van der Waals surface area contributed by atoms with Gasteiger partial charge in [-0.2, -0.15) is 0 Å². The van der Waals surface area contributed by atoms with Gasteiger partial charge in [-0.05, 0) is 19.4 Å². The Hall–Kier alpha value is -1.02. The van der Waals surface area contributed by atoms with Crippen LogP contribution in [0.2, 0.25) is 0 Å². The number of likely N-dealkylation sites (N-methyl/N-ethyl adjacent to an activating group) is 1. The van der Waals surface area contributed by atoms with Crippen LogP contribution >= 0.6 is 12.2 Å². The summed E-state index contributed by atoms with van der Waals surface area (Å²) < 4.78 is 27.7. The molecule has 0 amide bonds. The summed E-state index contributed by atoms with van der Waals surface area (Å²) in [6.45, 7) is 7.20. The van der Waals surface area contributed by atoms with Crippen molar-refractivity contribution in [2.45, 2.75) is 19.6 Å². The van der Waals surface area contributed by atoms with Crippen LogP contribution in [0.15, 0.2) is 24.3 Å². The molecule has 0 heterocycles. The second-order valence-electron chi connectivity index (χ2n) is 4.85. The SMILES string of the molecule is CC[NH+](CC)CC[N-]S(=O)(=O)Cc1ccc(C(N)=S)cc1. The van der Waals surface area contributed by atoms with Gasteiger partial charge in [-0.25, -0.2) is 8.42 Å². The molecule has 0 fully saturated rings. The third-order valence-corrected chi connectivity index (χ3v) is 4.85. The highest BCUT2D eigenvalue weighted by Gasteiger charge is 2.05. The van der Waals surface area contributed by atoms with Crippen LogP contribution in [-0.4, -0.2) is 39.6 Å². The first-order valence-corrected chi connectivity index (χ1v) is 9.03. The fourth-order valence-electron chi connectivity index (χ4n) is 1.97. The average molecular weight is 329 g/mol. The van der Waals surface area contributed by atoms with Crippen LogP contribution in [0.3, 0.4) is 0 Å². The van der Waals surface area contributed by atoms with Crippen molar-refractivity contribution in [3.05, 3.63) is 40.1 Å². The lowest BCUT2D eigenvalue weighted by Crippen LogP contribution is -3.11. The lowest BCUT2D eigenvalue weighted by molar-refractivity contribution is -0.894. The molecule has 1 rings (SSSR count). The molecular weight excluding hydrogens is 306 g/mol. The van der Waals surface area contributed by atoms with Crippen LogP contribution in [0.5, 0.6) is 0 Å². The molecule has 21 heavy (non-hydrogen) atoms. The predicted molar refractivity (Wildman–Crippen MR) is 90.1 cm³/mol. The third kappa shape index (κ3) is 6.52. The Kier molecular flexibility index (Phi) is 7.24. The zero-order valence-corrected chi connectivity index (χ0v) is 14.1. The molecule has 0 aliphatic heterocycles. The molecule has 1 aromatic rings. The molecule has 0 aliphatic carbocycles. The van der Waals surface area contributed by atoms with Gasteiger partial charge in [0.05, 0.1) is 35.4 Å². The summed E-state index contributed by atoms with van der Waals surface area (Å²) in [7, 11) is -3.43. The second-order valence-corrected chi connectivity index (χ2v) is 7.00. The molecule has 5 nitrogen and oxygen atoms in total. The zero-order chi connectivity index (χ0) is 15.9. The largest absolute Gasteiger partial charge is 0.544 e. The molecule has 1 aromatic carbocycles. The van der Waals surface area contributed by atoms with Crippen molar-refractivity contribution in [3.63, 3.8) is 0 Å². The van der Waals surface area contributed by atoms with Crippen molar-refractivity contribution in [2.24, 2.45) is 5.73 Å². The van der Waals surface area contributed by atoms with Crippen LogP contribution < -0.4 is 10.6 Å². The number of quaternary nitrogens is 1. The summed E-state index contributed by atoms with van der Waals surface area (Å²) in [6, 6.07) is 6.90. The van der Waals surface area contributed by atoms with Gasteiger partial charge in [-0.1, -0.05) is 43.0 Å². The van der Waals surface area contributed by atoms with Crippen molar-refractivity contribution < 1.29 is 13.3 Å². The van der Waals surface area contributed by atoms with E-state index in [2.05, 4.69) is 18.6 Å². The van der Waals surface area contributed by atoms with E-state index in [1.807, 2.05) is 0 Å². The molecule has 0 aliphatic rings. The van der Waals surface area contributed by atoms with E-state index in [1.54, 1.807) is 24.3 Å². The van der Waals surface area contributed by atoms with Crippen molar-refractivity contribution in [3.8, 4) is 0 Å². The molecule has 0 spiro atoms. The molecule has 0 saturated carbocycles. The van der Waals surface area contributed by atoms with Gasteiger partial charge in [0.25, 0.3) is 0 Å². The van der Waals surface area contributed by atoms with E-state index < -0.39 is 10.0 Å². The molecule has 0 unspecified atom stereocenters. The molecule has 3 N–H and O–H groups in total. The van der Waals surface area contributed by atoms with Gasteiger partial charge in [0.2, 0.25) is 0 Å². The van der Waals surface area contributed by atoms with Gasteiger partial charge in [-0.3, -0.25) is 0 Å². The van der Waals surface area contributed by atoms with E-state index in [0.29, 0.717) is 17.1 Å². The maximum atomic E-state index is 12.0. The Morgan fingerprint density at radius 3 is 2.29 bits per heavy atom. The molecule has 0 bridgehead atoms. The van der Waals surface area contributed by atoms with Gasteiger partial charge in [0, 0.05) is 5.56 Å². The van der Waals surface area contributed by atoms with Crippen LogP contribution in [-0.2, 0) is 15.8 Å². The van der Waals surface area contributed by atoms with E-state index in [1.165, 1.54) is 4.90 Å². The number of benzene rings is 1. The lowest BCUT2D eigenvalue weighted by atomic mass is 10.1. The number of hydrogen-bond acceptors (Lipinski definition) is 3. The number of sulfonamides is 1. The van der Waals surface area contributed by atoms with Gasteiger partial charge >= 0.3 is 0 Å². The number of hydrogen-bond donors (Lipinski definition) is 2. The van der Waals surface area contributed by atoms with Gasteiger partial charge in [0.1, 0.15) is 4.99 Å². The third-order valence-electron chi connectivity index (χ3n) is 3.34. The highest BCUT2D eigenvalue weighted by Crippen LogP contribution is 2.12. The van der Waals surface area contributed by atoms with Crippen molar-refractivity contribution in [1.82, 2.24) is 0 Å². The summed E-state index contributed by atoms with van der Waals surface area (Å²) in [5.41, 5.74) is 6.92. The Bertz CT molecular complexity index is 552. The minimum absolute atomic E-state index is 0.0851. The Labute approximate surface area is 132 Å². The second kappa shape index (κ2) is 8.43. The highest BCUT2D eigenvalue weighted by atomic mass is 32.2. The standard InChI is InChI=1S/C14H22N3O2S2/c1-3-17(4-2)10-9-16-21(18,19)11-12-5-7-13(8-6-12)14(15)20/h5-8H,3-4,9-11H2,1-2H3,(H2,15,20)/q-1/p+1. The minimum atomic E-state index is -3.43. The summed E-state index contributed by atoms with van der Waals surface area (Å²) in [6.07, 6.45) is 0. The van der Waals surface area contributed by atoms with Crippen molar-refractivity contribution >= 4 is 27.2 Å². The van der Waals surface area contributed by atoms with E-state index in [9.17, 15) is 8.42 Å². The normalized spacial score (nSPS) is 11.8. The van der Waals surface area contributed by atoms with E-state index in [-0.39, 0.29) is 5.75 Å². The summed E-state index contributed by atoms with van der Waals surface area (Å²) >= 11 is 4.86. The Morgan fingerprint density at radius 1 is 1.24 bits per heavy atom. The van der Waals surface area contributed by atoms with Crippen LogP contribution in [0, 0.1) is 0 Å². The number of nitrogens with one attached hydrogen (secondary N) is 1. The Balaban J connectivity index is 2.54. The zero-order valence-electron chi connectivity index (χ0n) is 12.5. The number of thiocarbonyl (C=S) groups is 1. The topological polar surface area (TPSA) is 78.7 Å². The Morgan fingerprint density at radius 2 is 1.81 bits per heavy atom. The maximum Gasteiger partial charge on any atom is 0.103 e. The molecule has 7 heteroatoms. The molecule has 118 valence electrons. The monoisotopic (exact) mass is 329 g/mol. The van der Waals surface area contributed by atoms with Gasteiger partial charge in [0.15, 0.2) is 0 Å². The summed E-state index contributed by atoms with van der Waals surface area (Å²) in [5, 5.41) is 0. The number of nitrogens with two attached hydrogens (primary N) is 1. The van der Waals surface area contributed by atoms with Crippen LogP contribution in [0.25, 0.3) is 4.72 Å². The number of nitrogens with zero attached hydrogens (tertiary/aromatic N) is 1. The van der Waals surface area contributed by atoms with Crippen molar-refractivity contribution in [2.75, 3.05) is 26.2 Å². The molecule has 0 saturated heterocycles. The molecular formula is C14H23N3O2S2. The first-order valence-electron chi connectivity index (χ1n) is 7.01. The molecule has 0 atom stereocenters. The maximum absolute atomic E-state index is 12.0. The van der Waals surface area contributed by atoms with Crippen LogP contribution in [0.4, 0.5) is 0 Å². The quantitative estimate of drug-likeness (QED) is 0.645. The average Bonchev–Trinajstić information content (AvgIpc) is 2.43. The van der Waals surface area contributed by atoms with E-state index >= 15 is 0 Å². The molecule has 0 radical (unpaired) electrons. The minimum Gasteiger partial charge on any atom is -0.544 e. The van der Waals surface area contributed by atoms with E-state index in [4.69, 9.17) is 18.0 Å². The smallest absolute Gasteiger partial charge is 0.103 e. The number of rotatable bonds is 9. The summed E-state index contributed by atoms with van der Waals surface area (Å²) in [4.78, 5) is 1.64. The summed E-state index contributed by atoms with van der Waals surface area (Å²) in [5.74, 6) is -0.0851. The predicted octanol–water partition coefficient (Wildman–Crippen LogP) is 0.449. The fourth-order valence-corrected chi connectivity index (χ4v) is 3.18. The van der Waals surface area contributed by atoms with Gasteiger partial charge < -0.3 is 15.4 Å².